The molecule has 0 radical (unpaired) electrons. The van der Waals surface area contributed by atoms with Gasteiger partial charge in [-0.25, -0.2) is 0 Å². The summed E-state index contributed by atoms with van der Waals surface area (Å²) in [7, 11) is 0. The van der Waals surface area contributed by atoms with Crippen molar-refractivity contribution in [1.29, 1.82) is 0 Å². The number of rotatable bonds is 23. The predicted molar refractivity (Wildman–Crippen MR) is 514 cm³/mol. The first kappa shape index (κ1) is 96.4. The fraction of sp³-hybridized carbons (Fsp3) is 0.491. The molecule has 0 N–H and O–H groups in total. The van der Waals surface area contributed by atoms with E-state index in [0.717, 1.165) is 108 Å². The molecule has 4 aliphatic heterocycles. The molecule has 13 rings (SSSR count). The predicted octanol–water partition coefficient (Wildman–Crippen LogP) is 31.0. The van der Waals surface area contributed by atoms with E-state index >= 15 is 0 Å². The number of halogens is 1. The number of aryl methyl sites for hydroxylation is 2. The minimum atomic E-state index is -0.393. The molecule has 0 saturated carbocycles. The molecule has 0 fully saturated rings. The van der Waals surface area contributed by atoms with Crippen molar-refractivity contribution in [2.45, 2.75) is 363 Å². The Hall–Kier alpha value is -8.85. The first-order valence-electron chi connectivity index (χ1n) is 46.3. The van der Waals surface area contributed by atoms with Crippen molar-refractivity contribution in [3.63, 3.8) is 0 Å². The minimum absolute atomic E-state index is 0.00409. The third-order valence-electron chi connectivity index (χ3n) is 25.0. The minimum Gasteiger partial charge on any atom is -0.425 e. The lowest BCUT2D eigenvalue weighted by atomic mass is 9.77. The van der Waals surface area contributed by atoms with E-state index in [1.807, 2.05) is 42.5 Å². The summed E-state index contributed by atoms with van der Waals surface area (Å²) >= 11 is 6.01. The lowest BCUT2D eigenvalue weighted by Gasteiger charge is -2.27. The fourth-order valence-corrected chi connectivity index (χ4v) is 17.2. The molecule has 0 aromatic heterocycles. The smallest absolute Gasteiger partial charge is 0.323 e. The first-order chi connectivity index (χ1) is 57.6. The molecule has 4 unspecified atom stereocenters. The lowest BCUT2D eigenvalue weighted by Crippen LogP contribution is -2.17. The standard InChI is InChI=1S/C34H50O2.C30H42O2.C28H30O2.C22H25ClO2/c1-8-9-10-11-12-13-14-15-16-17-18-25-19-21-26(22-20-25)30-28-23-27(33(2,3)4)24-29(34(5,6)7)31(28)36-32(30)35;1-8-9-10-11-12-13-14-21-15-17-22(18-16-21)26-24-19-23(29(2,3)4)20-25(30(5,6)7)27(24)32-28(26)31;1-27(2,3)21-16-22-24(26(29)30-25(22)23(17-21)28(4,5)6)20-14-12-19(13-15-20)18-10-8-7-9-11-18;1-21(2,3)14-11-16-18(13-7-9-15(23)10-8-13)20(24)25-19(16)17(12-14)22(4,5)6/h19-24,30H,8-18H2,1-7H3;15-20,26H,8-14H2,1-7H3;7-17,24H,1-6H3;7-12,18H,1-6H3. The van der Waals surface area contributed by atoms with Crippen LogP contribution in [0.25, 0.3) is 11.1 Å². The number of hydrogen-bond donors (Lipinski definition) is 0. The normalized spacial score (nSPS) is 16.3. The zero-order valence-electron chi connectivity index (χ0n) is 79.9. The molecule has 4 aliphatic rings. The van der Waals surface area contributed by atoms with Crippen LogP contribution in [-0.2, 0) is 75.3 Å². The Morgan fingerprint density at radius 2 is 0.472 bits per heavy atom. The molecular weight excluding hydrogens is 1530 g/mol. The number of hydrogen-bond acceptors (Lipinski definition) is 8. The number of esters is 4. The number of benzene rings is 9. The van der Waals surface area contributed by atoms with Gasteiger partial charge in [-0.1, -0.05) is 445 Å². The van der Waals surface area contributed by atoms with Crippen LogP contribution in [0.4, 0.5) is 0 Å². The Morgan fingerprint density at radius 3 is 0.707 bits per heavy atom. The van der Waals surface area contributed by atoms with E-state index in [0.29, 0.717) is 5.02 Å². The van der Waals surface area contributed by atoms with E-state index < -0.39 is 5.92 Å². The van der Waals surface area contributed by atoms with Crippen LogP contribution in [-0.4, -0.2) is 23.9 Å². The maximum atomic E-state index is 13.1. The summed E-state index contributed by atoms with van der Waals surface area (Å²) < 4.78 is 23.5. The van der Waals surface area contributed by atoms with Crippen molar-refractivity contribution in [2.24, 2.45) is 0 Å². The van der Waals surface area contributed by atoms with Crippen LogP contribution in [0.15, 0.2) is 176 Å². The fourth-order valence-electron chi connectivity index (χ4n) is 17.1. The summed E-state index contributed by atoms with van der Waals surface area (Å²) in [4.78, 5) is 51.8. The summed E-state index contributed by atoms with van der Waals surface area (Å²) in [6.45, 7) is 57.2. The molecule has 0 amide bonds. The van der Waals surface area contributed by atoms with E-state index in [2.05, 4.69) is 313 Å². The molecule has 8 nitrogen and oxygen atoms in total. The second-order valence-electron chi connectivity index (χ2n) is 43.7. The van der Waals surface area contributed by atoms with Gasteiger partial charge in [-0.05, 0) is 148 Å². The second kappa shape index (κ2) is 39.8. The Balaban J connectivity index is 0.000000173. The van der Waals surface area contributed by atoms with Gasteiger partial charge in [0.2, 0.25) is 0 Å². The highest BCUT2D eigenvalue weighted by Crippen LogP contribution is 2.53. The highest BCUT2D eigenvalue weighted by atomic mass is 35.5. The molecule has 0 aliphatic carbocycles. The SMILES string of the molecule is CC(C)(C)c1cc2c(c(C(C)(C)C)c1)OC(=O)C2c1ccc(-c2ccccc2)cc1.CC(C)(C)c1cc2c(c(C(C)(C)C)c1)OC(=O)C2c1ccc(Cl)cc1.CCCCCCCCCCCCc1ccc(C2C(=O)Oc3c2cc(C(C)(C)C)cc3C(C)(C)C)cc1.CCCCCCCCc1ccc(C2C(=O)Oc3c2cc(C(C)(C)C)cc3C(C)(C)C)cc1. The van der Waals surface area contributed by atoms with Gasteiger partial charge in [-0.15, -0.1) is 0 Å². The van der Waals surface area contributed by atoms with E-state index in [9.17, 15) is 19.2 Å². The number of unbranched alkanes of at least 4 members (excludes halogenated alkanes) is 14. The Labute approximate surface area is 746 Å². The maximum absolute atomic E-state index is 13.1. The van der Waals surface area contributed by atoms with Crippen LogP contribution in [0.2, 0.25) is 5.02 Å². The van der Waals surface area contributed by atoms with Gasteiger partial charge < -0.3 is 18.9 Å². The van der Waals surface area contributed by atoms with Gasteiger partial charge >= 0.3 is 23.9 Å². The van der Waals surface area contributed by atoms with Crippen LogP contribution in [0, 0.1) is 0 Å². The van der Waals surface area contributed by atoms with Gasteiger partial charge in [0.1, 0.15) is 46.7 Å². The number of carbonyl (C=O) groups is 4. The summed E-state index contributed by atoms with van der Waals surface area (Å²) in [5.41, 5.74) is 22.0. The summed E-state index contributed by atoms with van der Waals surface area (Å²) in [6, 6.07) is 61.0. The van der Waals surface area contributed by atoms with Crippen LogP contribution in [0.1, 0.15) is 407 Å². The lowest BCUT2D eigenvalue weighted by molar-refractivity contribution is -0.134. The molecule has 0 bridgehead atoms. The molecule has 4 heterocycles. The third kappa shape index (κ3) is 24.4. The monoisotopic (exact) mass is 1680 g/mol. The van der Waals surface area contributed by atoms with Gasteiger partial charge in [-0.3, -0.25) is 19.2 Å². The van der Waals surface area contributed by atoms with Crippen molar-refractivity contribution in [3.8, 4) is 34.1 Å². The zero-order valence-corrected chi connectivity index (χ0v) is 80.7. The summed E-state index contributed by atoms with van der Waals surface area (Å²) in [5, 5.41) is 0.661. The molecule has 123 heavy (non-hydrogen) atoms. The topological polar surface area (TPSA) is 105 Å². The average molecular weight is 1680 g/mol. The van der Waals surface area contributed by atoms with Crippen molar-refractivity contribution in [3.05, 3.63) is 281 Å². The van der Waals surface area contributed by atoms with Gasteiger partial charge in [0.15, 0.2) is 0 Å². The summed E-state index contributed by atoms with van der Waals surface area (Å²) in [6.07, 6.45) is 23.7. The highest BCUT2D eigenvalue weighted by Gasteiger charge is 2.45. The van der Waals surface area contributed by atoms with Crippen molar-refractivity contribution >= 4 is 35.5 Å². The van der Waals surface area contributed by atoms with Crippen molar-refractivity contribution in [1.82, 2.24) is 0 Å². The van der Waals surface area contributed by atoms with Gasteiger partial charge in [0.25, 0.3) is 0 Å². The largest absolute Gasteiger partial charge is 0.425 e. The third-order valence-corrected chi connectivity index (χ3v) is 25.2. The quantitative estimate of drug-likeness (QED) is 0.0354. The maximum Gasteiger partial charge on any atom is 0.323 e. The van der Waals surface area contributed by atoms with E-state index in [1.54, 1.807) is 0 Å². The molecular formula is C114H147ClO8. The summed E-state index contributed by atoms with van der Waals surface area (Å²) in [5.74, 6) is 0.877. The first-order valence-corrected chi connectivity index (χ1v) is 46.7. The second-order valence-corrected chi connectivity index (χ2v) is 44.1. The molecule has 658 valence electrons. The zero-order chi connectivity index (χ0) is 90.1. The van der Waals surface area contributed by atoms with Crippen LogP contribution in [0.5, 0.6) is 23.0 Å². The van der Waals surface area contributed by atoms with Gasteiger partial charge in [-0.2, -0.15) is 0 Å². The molecule has 0 spiro atoms. The van der Waals surface area contributed by atoms with Gasteiger partial charge in [0, 0.05) is 49.5 Å². The number of carbonyl (C=O) groups excluding carboxylic acids is 4. The van der Waals surface area contributed by atoms with E-state index in [-0.39, 0.29) is 85.0 Å². The van der Waals surface area contributed by atoms with Crippen LogP contribution >= 0.6 is 11.6 Å². The van der Waals surface area contributed by atoms with E-state index in [1.165, 1.54) is 142 Å². The molecule has 9 aromatic rings. The van der Waals surface area contributed by atoms with E-state index in [4.69, 9.17) is 30.5 Å². The molecule has 9 heteroatoms. The van der Waals surface area contributed by atoms with Crippen molar-refractivity contribution < 1.29 is 38.1 Å². The Bertz CT molecular complexity index is 5100. The number of fused-ring (bicyclic) bond motifs is 4. The highest BCUT2D eigenvalue weighted by molar-refractivity contribution is 6.30. The Morgan fingerprint density at radius 1 is 0.252 bits per heavy atom. The molecule has 9 aromatic carbocycles. The Kier molecular flexibility index (Phi) is 31.2. The molecule has 4 atom stereocenters. The number of ether oxygens (including phenoxy) is 4. The molecule has 0 saturated heterocycles. The van der Waals surface area contributed by atoms with Gasteiger partial charge in [0.05, 0.1) is 0 Å². The average Bonchev–Trinajstić information content (AvgIpc) is 1.63. The van der Waals surface area contributed by atoms with Crippen LogP contribution < -0.4 is 18.9 Å². The van der Waals surface area contributed by atoms with Crippen molar-refractivity contribution in [2.75, 3.05) is 0 Å². The van der Waals surface area contributed by atoms with Crippen LogP contribution in [0.3, 0.4) is 0 Å².